The van der Waals surface area contributed by atoms with Gasteiger partial charge < -0.3 is 10.2 Å². The molecule has 1 aliphatic carbocycles. The Bertz CT molecular complexity index is 415. The van der Waals surface area contributed by atoms with Crippen LogP contribution in [-0.2, 0) is 11.2 Å². The molecule has 2 rings (SSSR count). The van der Waals surface area contributed by atoms with Gasteiger partial charge in [0.05, 0.1) is 6.54 Å². The molecule has 1 N–H and O–H groups in total. The van der Waals surface area contributed by atoms with E-state index in [0.29, 0.717) is 12.6 Å². The van der Waals surface area contributed by atoms with Crippen molar-refractivity contribution in [1.29, 1.82) is 0 Å². The minimum atomic E-state index is -0.213. The van der Waals surface area contributed by atoms with Gasteiger partial charge in [-0.25, -0.2) is 4.39 Å². The Hall–Kier alpha value is -1.42. The number of nitrogens with one attached hydrogen (secondary N) is 1. The molecule has 1 amide bonds. The van der Waals surface area contributed by atoms with Crippen LogP contribution in [0, 0.1) is 5.82 Å². The van der Waals surface area contributed by atoms with Crippen molar-refractivity contribution in [2.45, 2.75) is 32.2 Å². The summed E-state index contributed by atoms with van der Waals surface area (Å²) in [6, 6.07) is 6.97. The van der Waals surface area contributed by atoms with Crippen LogP contribution >= 0.6 is 0 Å². The quantitative estimate of drug-likeness (QED) is 0.764. The molecule has 0 spiro atoms. The number of nitrogens with zero attached hydrogens (tertiary/aromatic N) is 1. The molecule has 104 valence electrons. The number of benzene rings is 1. The monoisotopic (exact) mass is 264 g/mol. The fourth-order valence-electron chi connectivity index (χ4n) is 2.21. The van der Waals surface area contributed by atoms with Crippen molar-refractivity contribution in [2.75, 3.05) is 19.6 Å². The molecule has 0 radical (unpaired) electrons. The van der Waals surface area contributed by atoms with Crippen LogP contribution in [0.15, 0.2) is 24.3 Å². The lowest BCUT2D eigenvalue weighted by atomic mass is 10.1. The fraction of sp³-hybridized carbons (Fsp3) is 0.533. The number of likely N-dealkylation sites (N-methyl/N-ethyl adjacent to an activating group) is 1. The first kappa shape index (κ1) is 14.0. The average molecular weight is 264 g/mol. The predicted molar refractivity (Wildman–Crippen MR) is 73.4 cm³/mol. The SMILES string of the molecule is CCN(C(=O)CNCCc1ccc(F)cc1)C1CC1. The summed E-state index contributed by atoms with van der Waals surface area (Å²) in [5.74, 6) is -0.0287. The zero-order chi connectivity index (χ0) is 13.7. The van der Waals surface area contributed by atoms with E-state index in [4.69, 9.17) is 0 Å². The largest absolute Gasteiger partial charge is 0.339 e. The van der Waals surface area contributed by atoms with Gasteiger partial charge in [0.1, 0.15) is 5.82 Å². The van der Waals surface area contributed by atoms with E-state index < -0.39 is 0 Å². The van der Waals surface area contributed by atoms with Crippen molar-refractivity contribution in [3.05, 3.63) is 35.6 Å². The van der Waals surface area contributed by atoms with Gasteiger partial charge in [0.15, 0.2) is 0 Å². The topological polar surface area (TPSA) is 32.3 Å². The highest BCUT2D eigenvalue weighted by Crippen LogP contribution is 2.26. The number of carbonyl (C=O) groups is 1. The van der Waals surface area contributed by atoms with Crippen LogP contribution in [0.4, 0.5) is 4.39 Å². The Labute approximate surface area is 113 Å². The van der Waals surface area contributed by atoms with E-state index in [2.05, 4.69) is 5.32 Å². The van der Waals surface area contributed by atoms with E-state index in [0.717, 1.165) is 37.9 Å². The molecule has 0 aliphatic heterocycles. The van der Waals surface area contributed by atoms with Crippen LogP contribution in [0.2, 0.25) is 0 Å². The Balaban J connectivity index is 1.66. The number of carbonyl (C=O) groups excluding carboxylic acids is 1. The van der Waals surface area contributed by atoms with Crippen LogP contribution in [0.3, 0.4) is 0 Å². The molecule has 0 unspecified atom stereocenters. The molecule has 0 heterocycles. The summed E-state index contributed by atoms with van der Waals surface area (Å²) >= 11 is 0. The zero-order valence-corrected chi connectivity index (χ0v) is 11.4. The Kier molecular flexibility index (Phi) is 4.91. The minimum absolute atomic E-state index is 0.184. The average Bonchev–Trinajstić information content (AvgIpc) is 3.22. The third-order valence-corrected chi connectivity index (χ3v) is 3.43. The number of halogens is 1. The smallest absolute Gasteiger partial charge is 0.236 e. The number of hydrogen-bond donors (Lipinski definition) is 1. The van der Waals surface area contributed by atoms with Crippen molar-refractivity contribution in [3.63, 3.8) is 0 Å². The normalized spacial score (nSPS) is 14.4. The van der Waals surface area contributed by atoms with Crippen molar-refractivity contribution < 1.29 is 9.18 Å². The first-order chi connectivity index (χ1) is 9.20. The van der Waals surface area contributed by atoms with Crippen LogP contribution in [0.5, 0.6) is 0 Å². The van der Waals surface area contributed by atoms with Crippen molar-refractivity contribution in [1.82, 2.24) is 10.2 Å². The highest BCUT2D eigenvalue weighted by molar-refractivity contribution is 5.78. The van der Waals surface area contributed by atoms with Crippen LogP contribution < -0.4 is 5.32 Å². The van der Waals surface area contributed by atoms with Gasteiger partial charge in [-0.3, -0.25) is 4.79 Å². The highest BCUT2D eigenvalue weighted by atomic mass is 19.1. The number of rotatable bonds is 7. The Morgan fingerprint density at radius 3 is 2.63 bits per heavy atom. The Morgan fingerprint density at radius 2 is 2.05 bits per heavy atom. The van der Waals surface area contributed by atoms with Gasteiger partial charge in [-0.2, -0.15) is 0 Å². The van der Waals surface area contributed by atoms with Crippen LogP contribution in [0.1, 0.15) is 25.3 Å². The molecule has 1 aliphatic rings. The van der Waals surface area contributed by atoms with Gasteiger partial charge in [-0.05, 0) is 50.4 Å². The summed E-state index contributed by atoms with van der Waals surface area (Å²) in [6.07, 6.45) is 3.10. The maximum absolute atomic E-state index is 12.7. The summed E-state index contributed by atoms with van der Waals surface area (Å²) < 4.78 is 12.7. The third-order valence-electron chi connectivity index (χ3n) is 3.43. The zero-order valence-electron chi connectivity index (χ0n) is 11.4. The second-order valence-electron chi connectivity index (χ2n) is 4.96. The second-order valence-corrected chi connectivity index (χ2v) is 4.96. The van der Waals surface area contributed by atoms with E-state index in [1.165, 1.54) is 12.1 Å². The summed E-state index contributed by atoms with van der Waals surface area (Å²) in [4.78, 5) is 13.9. The minimum Gasteiger partial charge on any atom is -0.339 e. The summed E-state index contributed by atoms with van der Waals surface area (Å²) in [5, 5.41) is 3.16. The molecule has 19 heavy (non-hydrogen) atoms. The second kappa shape index (κ2) is 6.66. The van der Waals surface area contributed by atoms with E-state index in [-0.39, 0.29) is 11.7 Å². The predicted octanol–water partition coefficient (Wildman–Crippen LogP) is 1.97. The molecule has 1 saturated carbocycles. The van der Waals surface area contributed by atoms with Gasteiger partial charge in [-0.15, -0.1) is 0 Å². The summed E-state index contributed by atoms with van der Waals surface area (Å²) in [7, 11) is 0. The standard InChI is InChI=1S/C15H21FN2O/c1-2-18(14-7-8-14)15(19)11-17-10-9-12-3-5-13(16)6-4-12/h3-6,14,17H,2,7-11H2,1H3. The highest BCUT2D eigenvalue weighted by Gasteiger charge is 2.30. The van der Waals surface area contributed by atoms with E-state index in [1.54, 1.807) is 12.1 Å². The molecule has 0 saturated heterocycles. The van der Waals surface area contributed by atoms with Gasteiger partial charge in [-0.1, -0.05) is 12.1 Å². The van der Waals surface area contributed by atoms with Gasteiger partial charge in [0.2, 0.25) is 5.91 Å². The lowest BCUT2D eigenvalue weighted by Crippen LogP contribution is -2.39. The molecule has 3 nitrogen and oxygen atoms in total. The van der Waals surface area contributed by atoms with Crippen molar-refractivity contribution >= 4 is 5.91 Å². The van der Waals surface area contributed by atoms with Crippen LogP contribution in [-0.4, -0.2) is 36.5 Å². The summed E-state index contributed by atoms with van der Waals surface area (Å²) in [5.41, 5.74) is 1.08. The first-order valence-corrected chi connectivity index (χ1v) is 6.95. The van der Waals surface area contributed by atoms with E-state index in [1.807, 2.05) is 11.8 Å². The molecule has 1 aromatic carbocycles. The summed E-state index contributed by atoms with van der Waals surface area (Å²) in [6.45, 7) is 3.95. The number of hydrogen-bond acceptors (Lipinski definition) is 2. The lowest BCUT2D eigenvalue weighted by molar-refractivity contribution is -0.130. The Morgan fingerprint density at radius 1 is 1.37 bits per heavy atom. The third kappa shape index (κ3) is 4.31. The maximum Gasteiger partial charge on any atom is 0.236 e. The number of amides is 1. The van der Waals surface area contributed by atoms with Crippen molar-refractivity contribution in [3.8, 4) is 0 Å². The molecule has 0 aromatic heterocycles. The molecule has 1 aromatic rings. The molecule has 4 heteroatoms. The molecule has 1 fully saturated rings. The lowest BCUT2D eigenvalue weighted by Gasteiger charge is -2.20. The maximum atomic E-state index is 12.7. The molecule has 0 atom stereocenters. The van der Waals surface area contributed by atoms with Crippen molar-refractivity contribution in [2.24, 2.45) is 0 Å². The van der Waals surface area contributed by atoms with Gasteiger partial charge >= 0.3 is 0 Å². The van der Waals surface area contributed by atoms with E-state index >= 15 is 0 Å². The fourth-order valence-corrected chi connectivity index (χ4v) is 2.21. The van der Waals surface area contributed by atoms with E-state index in [9.17, 15) is 9.18 Å². The van der Waals surface area contributed by atoms with Gasteiger partial charge in [0, 0.05) is 12.6 Å². The van der Waals surface area contributed by atoms with Crippen LogP contribution in [0.25, 0.3) is 0 Å². The first-order valence-electron chi connectivity index (χ1n) is 6.95. The molecular weight excluding hydrogens is 243 g/mol. The molecular formula is C15H21FN2O. The van der Waals surface area contributed by atoms with Gasteiger partial charge in [0.25, 0.3) is 0 Å². The molecule has 0 bridgehead atoms.